The largest absolute Gasteiger partial charge is 0.477 e. The van der Waals surface area contributed by atoms with E-state index in [9.17, 15) is 19.5 Å². The van der Waals surface area contributed by atoms with Crippen LogP contribution in [0.25, 0.3) is 0 Å². The van der Waals surface area contributed by atoms with Crippen molar-refractivity contribution in [2.45, 2.75) is 334 Å². The second-order valence-electron chi connectivity index (χ2n) is 24.1. The number of likely N-dealkylation sites (N-methyl/N-ethyl adjacent to an activating group) is 1. The first kappa shape index (κ1) is 76.2. The van der Waals surface area contributed by atoms with Gasteiger partial charge in [0.1, 0.15) is 13.2 Å². The number of hydrogen-bond acceptors (Lipinski definition) is 7. The van der Waals surface area contributed by atoms with E-state index in [-0.39, 0.29) is 32.2 Å². The van der Waals surface area contributed by atoms with E-state index in [1.807, 2.05) is 21.1 Å². The van der Waals surface area contributed by atoms with Crippen molar-refractivity contribution in [3.63, 3.8) is 0 Å². The van der Waals surface area contributed by atoms with Gasteiger partial charge in [-0.05, 0) is 77.0 Å². The molecule has 0 saturated heterocycles. The fourth-order valence-electron chi connectivity index (χ4n) is 9.84. The van der Waals surface area contributed by atoms with Crippen molar-refractivity contribution in [2.24, 2.45) is 0 Å². The summed E-state index contributed by atoms with van der Waals surface area (Å²) in [6.07, 6.45) is 75.2. The van der Waals surface area contributed by atoms with E-state index in [4.69, 9.17) is 18.9 Å². The Bertz CT molecular complexity index is 1430. The predicted octanol–water partition coefficient (Wildman–Crippen LogP) is 20.6. The molecule has 0 fully saturated rings. The molecular formula is C70H130NO8+. The normalized spacial score (nSPS) is 13.0. The minimum absolute atomic E-state index is 0.183. The number of quaternary nitrogens is 1. The summed E-state index contributed by atoms with van der Waals surface area (Å²) in [4.78, 5) is 37.5. The number of unbranched alkanes of at least 4 members (excludes halogenated alkanes) is 40. The smallest absolute Gasteiger partial charge is 0.361 e. The zero-order valence-electron chi connectivity index (χ0n) is 52.8. The van der Waals surface area contributed by atoms with Crippen LogP contribution in [0.5, 0.6) is 0 Å². The number of ether oxygens (including phenoxy) is 4. The summed E-state index contributed by atoms with van der Waals surface area (Å²) in [7, 11) is 5.98. The third-order valence-corrected chi connectivity index (χ3v) is 15.1. The number of nitrogens with zero attached hydrogens (tertiary/aromatic N) is 1. The molecule has 9 nitrogen and oxygen atoms in total. The highest BCUT2D eigenvalue weighted by Gasteiger charge is 2.25. The van der Waals surface area contributed by atoms with Gasteiger partial charge in [-0.2, -0.15) is 0 Å². The highest BCUT2D eigenvalue weighted by molar-refractivity contribution is 5.71. The topological polar surface area (TPSA) is 108 Å². The Kier molecular flexibility index (Phi) is 59.2. The first-order chi connectivity index (χ1) is 38.6. The van der Waals surface area contributed by atoms with Crippen LogP contribution in [0.4, 0.5) is 0 Å². The van der Waals surface area contributed by atoms with Crippen molar-refractivity contribution < 1.29 is 42.9 Å². The Balaban J connectivity index is 3.96. The molecule has 79 heavy (non-hydrogen) atoms. The van der Waals surface area contributed by atoms with Crippen LogP contribution in [0.1, 0.15) is 322 Å². The molecule has 1 N–H and O–H groups in total. The van der Waals surface area contributed by atoms with Gasteiger partial charge in [-0.25, -0.2) is 4.79 Å². The van der Waals surface area contributed by atoms with Crippen molar-refractivity contribution in [3.05, 3.63) is 48.6 Å². The zero-order valence-corrected chi connectivity index (χ0v) is 52.8. The molecule has 0 heterocycles. The van der Waals surface area contributed by atoms with Gasteiger partial charge in [-0.1, -0.05) is 281 Å². The maximum Gasteiger partial charge on any atom is 0.361 e. The minimum Gasteiger partial charge on any atom is -0.477 e. The summed E-state index contributed by atoms with van der Waals surface area (Å²) in [5, 5.41) is 9.71. The number of carboxylic acid groups (broad SMARTS) is 1. The fourth-order valence-corrected chi connectivity index (χ4v) is 9.84. The summed E-state index contributed by atoms with van der Waals surface area (Å²) < 4.78 is 22.9. The summed E-state index contributed by atoms with van der Waals surface area (Å²) in [5.41, 5.74) is 0. The van der Waals surface area contributed by atoms with Crippen LogP contribution in [-0.4, -0.2) is 87.4 Å². The number of carbonyl (C=O) groups excluding carboxylic acids is 2. The minimum atomic E-state index is -1.51. The van der Waals surface area contributed by atoms with E-state index in [1.165, 1.54) is 231 Å². The van der Waals surface area contributed by atoms with Gasteiger partial charge in [-0.15, -0.1) is 0 Å². The lowest BCUT2D eigenvalue weighted by Gasteiger charge is -2.25. The van der Waals surface area contributed by atoms with Gasteiger partial charge < -0.3 is 28.5 Å². The number of allylic oxidation sites excluding steroid dienone is 8. The monoisotopic (exact) mass is 1110 g/mol. The van der Waals surface area contributed by atoms with E-state index >= 15 is 0 Å². The number of esters is 2. The lowest BCUT2D eigenvalue weighted by molar-refractivity contribution is -0.870. The molecule has 0 amide bonds. The van der Waals surface area contributed by atoms with Crippen LogP contribution in [-0.2, 0) is 33.3 Å². The molecule has 9 heteroatoms. The number of hydrogen-bond donors (Lipinski definition) is 1. The van der Waals surface area contributed by atoms with Crippen molar-refractivity contribution in [3.8, 4) is 0 Å². The Morgan fingerprint density at radius 2 is 0.684 bits per heavy atom. The molecule has 0 aliphatic heterocycles. The van der Waals surface area contributed by atoms with Crippen molar-refractivity contribution in [1.29, 1.82) is 0 Å². The highest BCUT2D eigenvalue weighted by atomic mass is 16.7. The summed E-state index contributed by atoms with van der Waals surface area (Å²) in [6.45, 7) is 4.89. The molecule has 0 bridgehead atoms. The Morgan fingerprint density at radius 1 is 0.380 bits per heavy atom. The van der Waals surface area contributed by atoms with Gasteiger partial charge in [0.2, 0.25) is 0 Å². The summed E-state index contributed by atoms with van der Waals surface area (Å²) in [6, 6.07) is 0. The molecule has 0 aromatic heterocycles. The fraction of sp³-hybridized carbons (Fsp3) is 0.843. The molecule has 0 radical (unpaired) electrons. The Hall–Kier alpha value is -2.75. The lowest BCUT2D eigenvalue weighted by atomic mass is 10.0. The molecule has 462 valence electrons. The molecule has 0 aliphatic carbocycles. The van der Waals surface area contributed by atoms with Crippen LogP contribution in [0.2, 0.25) is 0 Å². The Labute approximate surface area is 489 Å². The molecule has 2 unspecified atom stereocenters. The quantitative estimate of drug-likeness (QED) is 0.0211. The molecule has 0 aromatic carbocycles. The van der Waals surface area contributed by atoms with Gasteiger partial charge in [0, 0.05) is 12.8 Å². The van der Waals surface area contributed by atoms with E-state index in [0.29, 0.717) is 17.4 Å². The van der Waals surface area contributed by atoms with Crippen molar-refractivity contribution in [1.82, 2.24) is 0 Å². The molecular weight excluding hydrogens is 983 g/mol. The summed E-state index contributed by atoms with van der Waals surface area (Å²) in [5.74, 6) is -2.00. The van der Waals surface area contributed by atoms with Gasteiger partial charge in [-0.3, -0.25) is 9.59 Å². The maximum absolute atomic E-state index is 12.9. The van der Waals surface area contributed by atoms with E-state index in [1.54, 1.807) is 0 Å². The van der Waals surface area contributed by atoms with Crippen LogP contribution < -0.4 is 0 Å². The first-order valence-electron chi connectivity index (χ1n) is 33.8. The molecule has 0 aromatic rings. The Morgan fingerprint density at radius 3 is 1.03 bits per heavy atom. The van der Waals surface area contributed by atoms with Gasteiger partial charge >= 0.3 is 17.9 Å². The van der Waals surface area contributed by atoms with Crippen molar-refractivity contribution >= 4 is 17.9 Å². The average Bonchev–Trinajstić information content (AvgIpc) is 3.42. The molecule has 0 rings (SSSR count). The van der Waals surface area contributed by atoms with Crippen molar-refractivity contribution in [2.75, 3.05) is 47.5 Å². The third kappa shape index (κ3) is 62.7. The van der Waals surface area contributed by atoms with Crippen LogP contribution in [0, 0.1) is 0 Å². The molecule has 0 saturated carbocycles. The summed E-state index contributed by atoms with van der Waals surface area (Å²) >= 11 is 0. The van der Waals surface area contributed by atoms with Crippen LogP contribution in [0.15, 0.2) is 48.6 Å². The zero-order chi connectivity index (χ0) is 57.6. The van der Waals surface area contributed by atoms with Gasteiger partial charge in [0.05, 0.1) is 34.4 Å². The van der Waals surface area contributed by atoms with Gasteiger partial charge in [0.25, 0.3) is 6.29 Å². The first-order valence-corrected chi connectivity index (χ1v) is 33.8. The number of carbonyl (C=O) groups is 3. The maximum atomic E-state index is 12.9. The van der Waals surface area contributed by atoms with Gasteiger partial charge in [0.15, 0.2) is 6.10 Å². The van der Waals surface area contributed by atoms with E-state index in [0.717, 1.165) is 64.2 Å². The van der Waals surface area contributed by atoms with E-state index in [2.05, 4.69) is 62.5 Å². The average molecular weight is 1110 g/mol. The lowest BCUT2D eigenvalue weighted by Crippen LogP contribution is -2.40. The van der Waals surface area contributed by atoms with Crippen LogP contribution in [0.3, 0.4) is 0 Å². The predicted molar refractivity (Wildman–Crippen MR) is 337 cm³/mol. The molecule has 2 atom stereocenters. The third-order valence-electron chi connectivity index (χ3n) is 15.1. The number of aliphatic carboxylic acids is 1. The number of rotatable bonds is 63. The standard InChI is InChI=1S/C70H129NO8/c1-6-8-10-12-14-16-18-20-22-23-24-25-26-27-28-29-30-31-32-33-34-35-36-37-38-39-40-41-42-43-44-45-47-49-51-53-55-57-59-61-68(73)79-66(65-78-70(69(74)75)76-63-62-71(3,4)5)64-77-67(72)60-58-56-54-52-50-48-46-21-19-17-15-13-11-9-7-2/h18,20-21,23-24,26-27,46,66,70H,6-17,19,22,25,28-45,47-65H2,1-5H3/p+1/b20-18-,24-23-,27-26-,46-21-. The van der Waals surface area contributed by atoms with E-state index < -0.39 is 24.3 Å². The second-order valence-corrected chi connectivity index (χ2v) is 24.1. The van der Waals surface area contributed by atoms with Crippen LogP contribution >= 0.6 is 0 Å². The molecule has 0 spiro atoms. The SMILES string of the molecule is CCCCCCC/C=C\C/C=C\C/C=C\CCCCCCCCCCCCCCCCCCCCCCCCCCC(=O)OC(COC(=O)CCCCCCC/C=C\CCCCCCCC)COC(OCC[N+](C)(C)C)C(=O)O. The molecule has 0 aliphatic rings. The number of carboxylic acids is 1. The highest BCUT2D eigenvalue weighted by Crippen LogP contribution is 2.18. The second kappa shape index (κ2) is 61.3.